The van der Waals surface area contributed by atoms with Crippen LogP contribution in [0.2, 0.25) is 0 Å². The largest absolute Gasteiger partial charge is 0.493 e. The Kier molecular flexibility index (Phi) is 12.6. The number of hydrogen-bond donors (Lipinski definition) is 2. The van der Waals surface area contributed by atoms with Gasteiger partial charge in [0.15, 0.2) is 56.1 Å². The number of ether oxygens (including phenoxy) is 6. The van der Waals surface area contributed by atoms with Crippen LogP contribution in [0.15, 0.2) is 35.2 Å². The van der Waals surface area contributed by atoms with Gasteiger partial charge in [0, 0.05) is 6.07 Å². The van der Waals surface area contributed by atoms with E-state index < -0.39 is 68.6 Å². The Bertz CT molecular complexity index is 1760. The predicted molar refractivity (Wildman–Crippen MR) is 171 cm³/mol. The van der Waals surface area contributed by atoms with Crippen LogP contribution >= 0.6 is 0 Å². The molecule has 0 saturated carbocycles. The second-order valence-electron chi connectivity index (χ2n) is 11.1. The summed E-state index contributed by atoms with van der Waals surface area (Å²) in [6.07, 6.45) is 1.30. The lowest BCUT2D eigenvalue weighted by molar-refractivity contribution is -0.0379. The molecule has 1 aliphatic rings. The summed E-state index contributed by atoms with van der Waals surface area (Å²) in [7, 11) is 0.796. The first-order valence-electron chi connectivity index (χ1n) is 15.4. The van der Waals surface area contributed by atoms with Gasteiger partial charge in [0.25, 0.3) is 0 Å². The van der Waals surface area contributed by atoms with Gasteiger partial charge in [-0.1, -0.05) is 13.3 Å². The number of rotatable bonds is 15. The van der Waals surface area contributed by atoms with Crippen molar-refractivity contribution in [3.63, 3.8) is 0 Å². The van der Waals surface area contributed by atoms with E-state index in [-0.39, 0.29) is 29.8 Å². The van der Waals surface area contributed by atoms with E-state index >= 15 is 0 Å². The minimum Gasteiger partial charge on any atom is -0.493 e. The van der Waals surface area contributed by atoms with Crippen molar-refractivity contribution in [1.82, 2.24) is 5.06 Å². The molecule has 1 saturated heterocycles. The Labute approximate surface area is 286 Å². The average molecular weight is 731 g/mol. The number of anilines is 1. The molecule has 3 aromatic carbocycles. The first-order valence-corrected chi connectivity index (χ1v) is 17.1. The predicted octanol–water partition coefficient (Wildman–Crippen LogP) is 6.75. The quantitative estimate of drug-likeness (QED) is 0.0747. The molecule has 12 nitrogen and oxygen atoms in total. The Hall–Kier alpha value is -4.48. The molecular weight excluding hydrogens is 692 g/mol. The number of methoxy groups -OCH3 is 4. The maximum atomic E-state index is 14.3. The smallest absolute Gasteiger partial charge is 0.345 e. The third-order valence-corrected chi connectivity index (χ3v) is 9.61. The van der Waals surface area contributed by atoms with Crippen molar-refractivity contribution < 1.29 is 64.4 Å². The third kappa shape index (κ3) is 8.27. The van der Waals surface area contributed by atoms with Gasteiger partial charge in [-0.05, 0) is 54.7 Å². The summed E-state index contributed by atoms with van der Waals surface area (Å²) in [6, 6.07) is 5.52. The lowest BCUT2D eigenvalue weighted by Gasteiger charge is -2.22. The van der Waals surface area contributed by atoms with Crippen LogP contribution in [0, 0.1) is 23.3 Å². The van der Waals surface area contributed by atoms with E-state index in [1.165, 1.54) is 40.6 Å². The van der Waals surface area contributed by atoms with E-state index in [0.29, 0.717) is 53.6 Å². The van der Waals surface area contributed by atoms with E-state index in [1.54, 1.807) is 12.1 Å². The number of hydrogen-bond acceptors (Lipinski definition) is 10. The molecule has 274 valence electrons. The Morgan fingerprint density at radius 3 is 1.88 bits per heavy atom. The van der Waals surface area contributed by atoms with E-state index in [0.717, 1.165) is 5.56 Å². The lowest BCUT2D eigenvalue weighted by Crippen LogP contribution is -2.33. The van der Waals surface area contributed by atoms with Crippen LogP contribution in [0.4, 0.5) is 28.0 Å². The van der Waals surface area contributed by atoms with Crippen LogP contribution in [0.1, 0.15) is 55.9 Å². The van der Waals surface area contributed by atoms with Crippen molar-refractivity contribution in [3.8, 4) is 28.7 Å². The molecule has 2 N–H and O–H groups in total. The van der Waals surface area contributed by atoms with Crippen molar-refractivity contribution in [2.24, 2.45) is 0 Å². The summed E-state index contributed by atoms with van der Waals surface area (Å²) in [5, 5.41) is 13.2. The summed E-state index contributed by atoms with van der Waals surface area (Å²) in [5.74, 6) is -7.94. The molecule has 4 rings (SSSR count). The van der Waals surface area contributed by atoms with E-state index in [4.69, 9.17) is 28.4 Å². The maximum absolute atomic E-state index is 14.3. The van der Waals surface area contributed by atoms with Gasteiger partial charge >= 0.3 is 6.03 Å². The average Bonchev–Trinajstić information content (AvgIpc) is 3.60. The Balaban J connectivity index is 1.65. The zero-order valence-corrected chi connectivity index (χ0v) is 28.8. The number of unbranched alkanes of at least 4 members (excludes halogenated alkanes) is 1. The molecule has 2 atom stereocenters. The highest BCUT2D eigenvalue weighted by Crippen LogP contribution is 2.48. The number of carbonyl (C=O) groups excluding carboxylic acids is 1. The molecule has 1 fully saturated rings. The monoisotopic (exact) mass is 730 g/mol. The fourth-order valence-electron chi connectivity index (χ4n) is 5.39. The number of nitrogens with zero attached hydrogens (tertiary/aromatic N) is 1. The second-order valence-corrected chi connectivity index (χ2v) is 13.2. The Morgan fingerprint density at radius 2 is 1.38 bits per heavy atom. The van der Waals surface area contributed by atoms with Crippen molar-refractivity contribution in [2.75, 3.05) is 52.7 Å². The second kappa shape index (κ2) is 16.5. The summed E-state index contributed by atoms with van der Waals surface area (Å²) < 4.78 is 116. The highest BCUT2D eigenvalue weighted by atomic mass is 32.2. The van der Waals surface area contributed by atoms with Crippen molar-refractivity contribution in [3.05, 3.63) is 64.7 Å². The van der Waals surface area contributed by atoms with Crippen LogP contribution in [0.3, 0.4) is 0 Å². The van der Waals surface area contributed by atoms with Gasteiger partial charge in [-0.25, -0.2) is 35.8 Å². The van der Waals surface area contributed by atoms with Gasteiger partial charge in [-0.2, -0.15) is 0 Å². The molecule has 1 heterocycles. The molecule has 17 heteroatoms. The van der Waals surface area contributed by atoms with Gasteiger partial charge in [-0.15, -0.1) is 0 Å². The van der Waals surface area contributed by atoms with E-state index in [2.05, 4.69) is 5.32 Å². The summed E-state index contributed by atoms with van der Waals surface area (Å²) in [6.45, 7) is 1.07. The molecule has 0 unspecified atom stereocenters. The lowest BCUT2D eigenvalue weighted by atomic mass is 10.0. The number of benzene rings is 3. The van der Waals surface area contributed by atoms with Crippen LogP contribution in [-0.2, 0) is 14.6 Å². The Morgan fingerprint density at radius 1 is 0.860 bits per heavy atom. The normalized spacial score (nSPS) is 15.8. The number of carbonyl (C=O) groups is 1. The zero-order valence-electron chi connectivity index (χ0n) is 28.0. The van der Waals surface area contributed by atoms with Crippen LogP contribution < -0.4 is 29.0 Å². The number of urea groups is 1. The molecule has 0 bridgehead atoms. The van der Waals surface area contributed by atoms with Crippen LogP contribution in [0.25, 0.3) is 0 Å². The minimum absolute atomic E-state index is 0.00208. The van der Waals surface area contributed by atoms with Gasteiger partial charge in [0.1, 0.15) is 11.5 Å². The SMILES string of the molecule is CCCCN(O)C(=O)Nc1cc([C@H]2CC[C@H](c3cc(OC)c(OC)c(OC)c3)O2)cc(OC)c1OCCS(=O)(=O)c1c(F)c(F)cc(F)c1F. The van der Waals surface area contributed by atoms with Gasteiger partial charge in [0.05, 0.1) is 58.6 Å². The number of halogens is 4. The summed E-state index contributed by atoms with van der Waals surface area (Å²) >= 11 is 0. The first-order chi connectivity index (χ1) is 23.8. The van der Waals surface area contributed by atoms with E-state index in [1.807, 2.05) is 6.92 Å². The standard InChI is InChI=1S/C33H38F4N2O10S/c1-6-7-10-39(41)33(40)38-22-13-18(23-8-9-24(49-23)19-15-26(45-3)31(47-5)27(16-19)46-4)14-25(44-2)30(22)48-11-12-50(42,43)32-28(36)20(34)17-21(35)29(32)37/h13-17,23-24,41H,6-12H2,1-5H3,(H,38,40)/t23-,24-/m1/s1. The van der Waals surface area contributed by atoms with Crippen LogP contribution in [-0.4, -0.2) is 72.1 Å². The molecule has 0 aliphatic carbocycles. The molecule has 0 spiro atoms. The molecule has 0 radical (unpaired) electrons. The van der Waals surface area contributed by atoms with Crippen LogP contribution in [0.5, 0.6) is 28.7 Å². The number of amides is 2. The fourth-order valence-corrected chi connectivity index (χ4v) is 6.63. The first kappa shape index (κ1) is 38.3. The molecular formula is C33H38F4N2O10S. The molecule has 3 aromatic rings. The summed E-state index contributed by atoms with van der Waals surface area (Å²) in [5.41, 5.74) is 1.21. The number of hydroxylamine groups is 2. The van der Waals surface area contributed by atoms with Gasteiger partial charge in [0.2, 0.25) is 5.75 Å². The zero-order chi connectivity index (χ0) is 36.7. The molecule has 1 aliphatic heterocycles. The van der Waals surface area contributed by atoms with Crippen molar-refractivity contribution >= 4 is 21.6 Å². The topological polar surface area (TPSA) is 142 Å². The third-order valence-electron chi connectivity index (χ3n) is 7.93. The van der Waals surface area contributed by atoms with Crippen molar-refractivity contribution in [1.29, 1.82) is 0 Å². The van der Waals surface area contributed by atoms with Gasteiger partial charge < -0.3 is 33.7 Å². The van der Waals surface area contributed by atoms with E-state index in [9.17, 15) is 36.0 Å². The molecule has 50 heavy (non-hydrogen) atoms. The molecule has 2 amide bonds. The highest BCUT2D eigenvalue weighted by Gasteiger charge is 2.33. The highest BCUT2D eigenvalue weighted by molar-refractivity contribution is 7.91. The summed E-state index contributed by atoms with van der Waals surface area (Å²) in [4.78, 5) is 11.1. The maximum Gasteiger partial charge on any atom is 0.345 e. The minimum atomic E-state index is -4.96. The fraction of sp³-hybridized carbons (Fsp3) is 0.424. The van der Waals surface area contributed by atoms with Gasteiger partial charge in [-0.3, -0.25) is 5.21 Å². The number of nitrogens with one attached hydrogen (secondary N) is 1. The van der Waals surface area contributed by atoms with Crippen molar-refractivity contribution in [2.45, 2.75) is 49.7 Å². The molecule has 0 aromatic heterocycles. The number of sulfone groups is 1.